The third kappa shape index (κ3) is 1.35. The third-order valence-electron chi connectivity index (χ3n) is 7.24. The number of amides is 1. The Kier molecular flexibility index (Phi) is 2.08. The lowest BCUT2D eigenvalue weighted by Crippen LogP contribution is -2.35. The molecule has 1 heterocycles. The Morgan fingerprint density at radius 1 is 0.947 bits per heavy atom. The zero-order valence-electron chi connectivity index (χ0n) is 11.5. The van der Waals surface area contributed by atoms with Crippen LogP contribution in [-0.4, -0.2) is 29.9 Å². The van der Waals surface area contributed by atoms with E-state index in [2.05, 4.69) is 4.90 Å². The van der Waals surface area contributed by atoms with Crippen LogP contribution in [0, 0.1) is 41.4 Å². The molecular weight excluding hydrogens is 236 g/mol. The summed E-state index contributed by atoms with van der Waals surface area (Å²) in [7, 11) is 0. The number of fused-ring (bicyclic) bond motifs is 6. The Hall–Kier alpha value is -0.570. The Labute approximate surface area is 114 Å². The molecule has 2 N–H and O–H groups in total. The number of likely N-dealkylation sites (tertiary alicyclic amines) is 1. The Morgan fingerprint density at radius 2 is 1.63 bits per heavy atom. The minimum atomic E-state index is 0.359. The standard InChI is InChI=1S/C16H24N2O/c17-12-4-3-10-6-18(7-11(10)12)16(19)15-13-8-1-2-9(5-8)14(13)15/h8-15H,1-7,17H2. The van der Waals surface area contributed by atoms with E-state index >= 15 is 0 Å². The van der Waals surface area contributed by atoms with Gasteiger partial charge >= 0.3 is 0 Å². The minimum absolute atomic E-state index is 0.359. The maximum Gasteiger partial charge on any atom is 0.226 e. The van der Waals surface area contributed by atoms with E-state index in [1.807, 2.05) is 0 Å². The number of rotatable bonds is 1. The molecule has 1 amide bonds. The third-order valence-corrected chi connectivity index (χ3v) is 7.24. The molecule has 4 saturated carbocycles. The summed E-state index contributed by atoms with van der Waals surface area (Å²) in [5.74, 6) is 5.67. The Balaban J connectivity index is 1.30. The summed E-state index contributed by atoms with van der Waals surface area (Å²) in [4.78, 5) is 15.0. The van der Waals surface area contributed by atoms with E-state index in [4.69, 9.17) is 5.73 Å². The molecule has 1 saturated heterocycles. The van der Waals surface area contributed by atoms with Crippen LogP contribution in [0.2, 0.25) is 0 Å². The first-order valence-corrected chi connectivity index (χ1v) is 8.28. The number of nitrogens with two attached hydrogens (primary N) is 1. The fraction of sp³-hybridized carbons (Fsp3) is 0.938. The van der Waals surface area contributed by atoms with Crippen LogP contribution >= 0.6 is 0 Å². The van der Waals surface area contributed by atoms with Crippen LogP contribution in [0.1, 0.15) is 32.1 Å². The van der Waals surface area contributed by atoms with E-state index in [0.29, 0.717) is 29.7 Å². The number of carbonyl (C=O) groups excluding carboxylic acids is 1. The normalized spacial score (nSPS) is 57.4. The largest absolute Gasteiger partial charge is 0.342 e. The summed E-state index contributed by atoms with van der Waals surface area (Å²) in [6.45, 7) is 1.98. The van der Waals surface area contributed by atoms with Gasteiger partial charge in [-0.1, -0.05) is 0 Å². The number of carbonyl (C=O) groups is 1. The van der Waals surface area contributed by atoms with Crippen molar-refractivity contribution in [1.82, 2.24) is 4.90 Å². The molecule has 19 heavy (non-hydrogen) atoms. The molecule has 0 aromatic rings. The maximum atomic E-state index is 12.8. The van der Waals surface area contributed by atoms with Gasteiger partial charge in [0.15, 0.2) is 0 Å². The molecule has 2 bridgehead atoms. The van der Waals surface area contributed by atoms with Crippen molar-refractivity contribution < 1.29 is 4.79 Å². The van der Waals surface area contributed by atoms with Gasteiger partial charge in [0.05, 0.1) is 0 Å². The molecule has 4 aliphatic carbocycles. The molecule has 0 aromatic carbocycles. The zero-order chi connectivity index (χ0) is 12.7. The lowest BCUT2D eigenvalue weighted by Gasteiger charge is -2.20. The molecule has 0 spiro atoms. The zero-order valence-corrected chi connectivity index (χ0v) is 11.5. The molecule has 104 valence electrons. The van der Waals surface area contributed by atoms with Gasteiger partial charge in [-0.25, -0.2) is 0 Å². The highest BCUT2D eigenvalue weighted by molar-refractivity contribution is 5.83. The minimum Gasteiger partial charge on any atom is -0.342 e. The summed E-state index contributed by atoms with van der Waals surface area (Å²) in [5.41, 5.74) is 6.18. The Bertz CT molecular complexity index is 420. The second kappa shape index (κ2) is 3.55. The summed E-state index contributed by atoms with van der Waals surface area (Å²) in [6.07, 6.45) is 6.68. The molecule has 5 aliphatic rings. The Morgan fingerprint density at radius 3 is 2.32 bits per heavy atom. The van der Waals surface area contributed by atoms with Crippen molar-refractivity contribution in [2.24, 2.45) is 47.2 Å². The number of hydrogen-bond acceptors (Lipinski definition) is 2. The summed E-state index contributed by atoms with van der Waals surface area (Å²) in [5, 5.41) is 0. The highest BCUT2D eigenvalue weighted by Gasteiger charge is 2.68. The highest BCUT2D eigenvalue weighted by atomic mass is 16.2. The number of hydrogen-bond donors (Lipinski definition) is 1. The van der Waals surface area contributed by atoms with Gasteiger partial charge in [0.1, 0.15) is 0 Å². The average Bonchev–Trinajstić information content (AvgIpc) is 2.86. The molecule has 0 radical (unpaired) electrons. The predicted molar refractivity (Wildman–Crippen MR) is 72.1 cm³/mol. The van der Waals surface area contributed by atoms with Crippen molar-refractivity contribution >= 4 is 5.91 Å². The molecular formula is C16H24N2O. The SMILES string of the molecule is NC1CCC2CN(C(=O)C3C4C5CCC(C5)C34)CC12. The van der Waals surface area contributed by atoms with Crippen LogP contribution in [-0.2, 0) is 4.79 Å². The van der Waals surface area contributed by atoms with Crippen molar-refractivity contribution in [2.45, 2.75) is 38.1 Å². The summed E-state index contributed by atoms with van der Waals surface area (Å²) in [6, 6.07) is 0.359. The van der Waals surface area contributed by atoms with Crippen LogP contribution in [0.25, 0.3) is 0 Å². The molecule has 0 aromatic heterocycles. The van der Waals surface area contributed by atoms with E-state index in [0.717, 1.165) is 36.8 Å². The van der Waals surface area contributed by atoms with Gasteiger partial charge in [0.25, 0.3) is 0 Å². The van der Waals surface area contributed by atoms with Crippen molar-refractivity contribution in [2.75, 3.05) is 13.1 Å². The quantitative estimate of drug-likeness (QED) is 0.776. The van der Waals surface area contributed by atoms with Crippen LogP contribution in [0.5, 0.6) is 0 Å². The van der Waals surface area contributed by atoms with E-state index in [9.17, 15) is 4.79 Å². The molecule has 5 rings (SSSR count). The average molecular weight is 260 g/mol. The summed E-state index contributed by atoms with van der Waals surface area (Å²) < 4.78 is 0. The van der Waals surface area contributed by atoms with Crippen LogP contribution in [0.15, 0.2) is 0 Å². The highest BCUT2D eigenvalue weighted by Crippen LogP contribution is 2.69. The fourth-order valence-electron chi connectivity index (χ4n) is 6.35. The van der Waals surface area contributed by atoms with Gasteiger partial charge in [-0.2, -0.15) is 0 Å². The van der Waals surface area contributed by atoms with Gasteiger partial charge in [-0.3, -0.25) is 4.79 Å². The molecule has 5 fully saturated rings. The smallest absolute Gasteiger partial charge is 0.226 e. The predicted octanol–water partition coefficient (Wildman–Crippen LogP) is 1.47. The molecule has 1 aliphatic heterocycles. The molecule has 7 unspecified atom stereocenters. The first-order chi connectivity index (χ1) is 9.24. The maximum absolute atomic E-state index is 12.8. The van der Waals surface area contributed by atoms with E-state index in [1.165, 1.54) is 32.1 Å². The van der Waals surface area contributed by atoms with Crippen molar-refractivity contribution in [3.05, 3.63) is 0 Å². The second-order valence-corrected chi connectivity index (χ2v) is 7.92. The van der Waals surface area contributed by atoms with Crippen LogP contribution in [0.4, 0.5) is 0 Å². The molecule has 3 heteroatoms. The van der Waals surface area contributed by atoms with Gasteiger partial charge in [0.2, 0.25) is 5.91 Å². The van der Waals surface area contributed by atoms with E-state index in [-0.39, 0.29) is 0 Å². The van der Waals surface area contributed by atoms with Crippen molar-refractivity contribution in [1.29, 1.82) is 0 Å². The van der Waals surface area contributed by atoms with Gasteiger partial charge in [-0.05, 0) is 67.6 Å². The van der Waals surface area contributed by atoms with E-state index in [1.54, 1.807) is 0 Å². The topological polar surface area (TPSA) is 46.3 Å². The lowest BCUT2D eigenvalue weighted by atomic mass is 9.98. The molecule has 3 nitrogen and oxygen atoms in total. The lowest BCUT2D eigenvalue weighted by molar-refractivity contribution is -0.132. The number of nitrogens with zero attached hydrogens (tertiary/aromatic N) is 1. The first-order valence-electron chi connectivity index (χ1n) is 8.28. The first kappa shape index (κ1) is 11.1. The summed E-state index contributed by atoms with van der Waals surface area (Å²) >= 11 is 0. The van der Waals surface area contributed by atoms with Gasteiger partial charge in [-0.15, -0.1) is 0 Å². The van der Waals surface area contributed by atoms with Crippen molar-refractivity contribution in [3.63, 3.8) is 0 Å². The monoisotopic (exact) mass is 260 g/mol. The molecule has 7 atom stereocenters. The fourth-order valence-corrected chi connectivity index (χ4v) is 6.35. The van der Waals surface area contributed by atoms with Crippen LogP contribution in [0.3, 0.4) is 0 Å². The van der Waals surface area contributed by atoms with E-state index < -0.39 is 0 Å². The van der Waals surface area contributed by atoms with Gasteiger partial charge < -0.3 is 10.6 Å². The second-order valence-electron chi connectivity index (χ2n) is 7.92. The van der Waals surface area contributed by atoms with Crippen molar-refractivity contribution in [3.8, 4) is 0 Å². The van der Waals surface area contributed by atoms with Gasteiger partial charge in [0, 0.05) is 25.0 Å². The van der Waals surface area contributed by atoms with Crippen LogP contribution < -0.4 is 5.73 Å².